The van der Waals surface area contributed by atoms with Crippen molar-refractivity contribution in [3.05, 3.63) is 35.4 Å². The third kappa shape index (κ3) is 3.01. The topological polar surface area (TPSA) is 46.6 Å². The van der Waals surface area contributed by atoms with Crippen LogP contribution >= 0.6 is 0 Å². The van der Waals surface area contributed by atoms with Gasteiger partial charge in [-0.2, -0.15) is 0 Å². The van der Waals surface area contributed by atoms with Crippen molar-refractivity contribution < 1.29 is 23.1 Å². The van der Waals surface area contributed by atoms with E-state index in [-0.39, 0.29) is 12.5 Å². The fraction of sp³-hybridized carbons (Fsp3) is 0.556. The molecule has 1 aliphatic heterocycles. The Hall–Kier alpha value is -1.98. The van der Waals surface area contributed by atoms with Crippen LogP contribution in [0.3, 0.4) is 0 Å². The molecule has 1 aromatic rings. The number of likely N-dealkylation sites (tertiary alicyclic amines) is 1. The number of fused-ring (bicyclic) bond motifs is 1. The minimum atomic E-state index is -0.678. The number of halogens is 2. The number of benzene rings is 1. The van der Waals surface area contributed by atoms with Crippen molar-refractivity contribution in [2.75, 3.05) is 6.54 Å². The Kier molecular flexibility index (Phi) is 3.89. The molecule has 0 radical (unpaired) electrons. The number of amides is 1. The third-order valence-electron chi connectivity index (χ3n) is 4.83. The Morgan fingerprint density at radius 1 is 1.29 bits per heavy atom. The number of hydrogen-bond donors (Lipinski definition) is 0. The van der Waals surface area contributed by atoms with Gasteiger partial charge in [0.1, 0.15) is 23.5 Å². The van der Waals surface area contributed by atoms with Gasteiger partial charge in [0.2, 0.25) is 0 Å². The van der Waals surface area contributed by atoms with Crippen molar-refractivity contribution in [2.45, 2.75) is 50.7 Å². The van der Waals surface area contributed by atoms with Gasteiger partial charge in [-0.15, -0.1) is 0 Å². The van der Waals surface area contributed by atoms with Crippen molar-refractivity contribution in [3.63, 3.8) is 0 Å². The number of piperidine rings is 1. The molecule has 3 atom stereocenters. The van der Waals surface area contributed by atoms with Crippen LogP contribution in [0.4, 0.5) is 13.6 Å². The maximum Gasteiger partial charge on any atom is 0.410 e. The van der Waals surface area contributed by atoms with Crippen LogP contribution in [0.5, 0.6) is 0 Å². The highest BCUT2D eigenvalue weighted by Crippen LogP contribution is 2.60. The molecule has 4 nitrogen and oxygen atoms in total. The van der Waals surface area contributed by atoms with Gasteiger partial charge in [-0.3, -0.25) is 4.90 Å². The van der Waals surface area contributed by atoms with E-state index in [0.717, 1.165) is 12.4 Å². The molecule has 1 aliphatic carbocycles. The van der Waals surface area contributed by atoms with Gasteiger partial charge < -0.3 is 9.53 Å². The zero-order valence-electron chi connectivity index (χ0n) is 14.0. The summed E-state index contributed by atoms with van der Waals surface area (Å²) in [4.78, 5) is 25.2. The Labute approximate surface area is 139 Å². The van der Waals surface area contributed by atoms with Crippen LogP contribution in [0.25, 0.3) is 0 Å². The van der Waals surface area contributed by atoms with Crippen LogP contribution < -0.4 is 0 Å². The number of ether oxygens (including phenoxy) is 1. The fourth-order valence-corrected chi connectivity index (χ4v) is 3.66. The van der Waals surface area contributed by atoms with Crippen LogP contribution in [0.2, 0.25) is 0 Å². The lowest BCUT2D eigenvalue weighted by molar-refractivity contribution is -0.113. The number of carbonyl (C=O) groups is 2. The molecule has 1 saturated heterocycles. The molecular weight excluding hydrogens is 316 g/mol. The average molecular weight is 337 g/mol. The molecular formula is C18H21F2NO3. The highest BCUT2D eigenvalue weighted by atomic mass is 19.1. The van der Waals surface area contributed by atoms with Gasteiger partial charge in [-0.1, -0.05) is 0 Å². The highest BCUT2D eigenvalue weighted by molar-refractivity contribution is 5.75. The van der Waals surface area contributed by atoms with Gasteiger partial charge >= 0.3 is 6.09 Å². The van der Waals surface area contributed by atoms with E-state index in [0.29, 0.717) is 18.4 Å². The number of hydrogen-bond acceptors (Lipinski definition) is 3. The Morgan fingerprint density at radius 3 is 2.46 bits per heavy atom. The molecule has 1 amide bonds. The first-order chi connectivity index (χ1) is 11.1. The van der Waals surface area contributed by atoms with Crippen molar-refractivity contribution in [2.24, 2.45) is 5.92 Å². The van der Waals surface area contributed by atoms with E-state index in [1.807, 2.05) is 0 Å². The standard InChI is InChI=1S/C18H21F2NO3/c1-17(2,3)24-16(23)21-10-18(8-12(18)6-15(21)9-22)11-4-13(19)7-14(20)5-11/h4-5,7,9,12,15H,6,8,10H2,1-3H3/t12-,15+,18-/m1/s1. The SMILES string of the molecule is CC(C)(C)OC(=O)N1C[C@@]2(c3cc(F)cc(F)c3)C[C@H]2C[C@H]1C=O. The molecule has 0 aromatic heterocycles. The van der Waals surface area contributed by atoms with Crippen molar-refractivity contribution in [1.29, 1.82) is 0 Å². The molecule has 1 aromatic carbocycles. The van der Waals surface area contributed by atoms with E-state index in [9.17, 15) is 18.4 Å². The van der Waals surface area contributed by atoms with Crippen molar-refractivity contribution in [1.82, 2.24) is 4.90 Å². The highest BCUT2D eigenvalue weighted by Gasteiger charge is 2.61. The molecule has 0 N–H and O–H groups in total. The van der Waals surface area contributed by atoms with E-state index in [2.05, 4.69) is 0 Å². The minimum Gasteiger partial charge on any atom is -0.444 e. The van der Waals surface area contributed by atoms with E-state index in [1.54, 1.807) is 20.8 Å². The zero-order valence-corrected chi connectivity index (χ0v) is 14.0. The normalized spacial score (nSPS) is 29.0. The van der Waals surface area contributed by atoms with Crippen LogP contribution in [0.1, 0.15) is 39.2 Å². The van der Waals surface area contributed by atoms with E-state index >= 15 is 0 Å². The largest absolute Gasteiger partial charge is 0.444 e. The van der Waals surface area contributed by atoms with Gasteiger partial charge in [0.25, 0.3) is 0 Å². The summed E-state index contributed by atoms with van der Waals surface area (Å²) in [7, 11) is 0. The predicted molar refractivity (Wildman–Crippen MR) is 83.6 cm³/mol. The lowest BCUT2D eigenvalue weighted by Crippen LogP contribution is -2.51. The molecule has 0 unspecified atom stereocenters. The second-order valence-corrected chi connectivity index (χ2v) is 7.76. The molecule has 6 heteroatoms. The van der Waals surface area contributed by atoms with Gasteiger partial charge in [0, 0.05) is 18.0 Å². The first-order valence-corrected chi connectivity index (χ1v) is 8.06. The van der Waals surface area contributed by atoms with Gasteiger partial charge in [-0.25, -0.2) is 13.6 Å². The summed E-state index contributed by atoms with van der Waals surface area (Å²) in [5.74, 6) is -1.12. The van der Waals surface area contributed by atoms with E-state index < -0.39 is 34.8 Å². The first kappa shape index (κ1) is 16.9. The van der Waals surface area contributed by atoms with Crippen molar-refractivity contribution in [3.8, 4) is 0 Å². The number of carbonyl (C=O) groups excluding carboxylic acids is 2. The predicted octanol–water partition coefficient (Wildman–Crippen LogP) is 3.43. The summed E-state index contributed by atoms with van der Waals surface area (Å²) in [5, 5.41) is 0. The summed E-state index contributed by atoms with van der Waals surface area (Å²) in [6, 6.07) is 2.91. The number of nitrogens with zero attached hydrogens (tertiary/aromatic N) is 1. The first-order valence-electron chi connectivity index (χ1n) is 8.06. The molecule has 2 aliphatic rings. The molecule has 3 rings (SSSR count). The third-order valence-corrected chi connectivity index (χ3v) is 4.83. The van der Waals surface area contributed by atoms with Crippen LogP contribution in [-0.4, -0.2) is 35.5 Å². The summed E-state index contributed by atoms with van der Waals surface area (Å²) in [6.07, 6.45) is 1.37. The molecule has 24 heavy (non-hydrogen) atoms. The summed E-state index contributed by atoms with van der Waals surface area (Å²) < 4.78 is 32.6. The molecule has 0 bridgehead atoms. The summed E-state index contributed by atoms with van der Waals surface area (Å²) in [5.41, 5.74) is -0.620. The minimum absolute atomic E-state index is 0.146. The fourth-order valence-electron chi connectivity index (χ4n) is 3.66. The lowest BCUT2D eigenvalue weighted by Gasteiger charge is -2.38. The lowest BCUT2D eigenvalue weighted by atomic mass is 9.86. The molecule has 2 fully saturated rings. The summed E-state index contributed by atoms with van der Waals surface area (Å²) >= 11 is 0. The Balaban J connectivity index is 1.88. The Morgan fingerprint density at radius 2 is 1.92 bits per heavy atom. The van der Waals surface area contributed by atoms with Gasteiger partial charge in [-0.05, 0) is 57.2 Å². The average Bonchev–Trinajstić information content (AvgIpc) is 3.17. The quantitative estimate of drug-likeness (QED) is 0.777. The molecule has 0 spiro atoms. The van der Waals surface area contributed by atoms with Crippen LogP contribution in [0, 0.1) is 17.6 Å². The van der Waals surface area contributed by atoms with E-state index in [1.165, 1.54) is 17.0 Å². The second-order valence-electron chi connectivity index (χ2n) is 7.76. The Bertz CT molecular complexity index is 665. The second kappa shape index (κ2) is 5.53. The molecule has 1 heterocycles. The number of rotatable bonds is 2. The van der Waals surface area contributed by atoms with Gasteiger partial charge in [0.05, 0.1) is 6.04 Å². The monoisotopic (exact) mass is 337 g/mol. The molecule has 130 valence electrons. The van der Waals surface area contributed by atoms with Crippen LogP contribution in [-0.2, 0) is 14.9 Å². The molecule has 1 saturated carbocycles. The maximum atomic E-state index is 13.6. The zero-order chi connectivity index (χ0) is 17.7. The number of aldehydes is 1. The maximum absolute atomic E-state index is 13.6. The van der Waals surface area contributed by atoms with E-state index in [4.69, 9.17) is 4.74 Å². The van der Waals surface area contributed by atoms with Gasteiger partial charge in [0.15, 0.2) is 0 Å². The summed E-state index contributed by atoms with van der Waals surface area (Å²) in [6.45, 7) is 5.49. The van der Waals surface area contributed by atoms with Crippen molar-refractivity contribution >= 4 is 12.4 Å². The smallest absolute Gasteiger partial charge is 0.410 e. The van der Waals surface area contributed by atoms with Crippen LogP contribution in [0.15, 0.2) is 18.2 Å².